The molecule has 0 bridgehead atoms. The van der Waals surface area contributed by atoms with E-state index >= 15 is 0 Å². The van der Waals surface area contributed by atoms with Gasteiger partial charge in [0.1, 0.15) is 5.75 Å². The van der Waals surface area contributed by atoms with E-state index in [0.717, 1.165) is 0 Å². The van der Waals surface area contributed by atoms with Gasteiger partial charge in [-0.05, 0) is 51.8 Å². The molecular weight excluding hydrogens is 394 g/mol. The zero-order chi connectivity index (χ0) is 18.4. The van der Waals surface area contributed by atoms with E-state index in [1.807, 2.05) is 0 Å². The van der Waals surface area contributed by atoms with Gasteiger partial charge < -0.3 is 14.2 Å². The number of ether oxygens (including phenoxy) is 3. The molecule has 0 unspecified atom stereocenters. The van der Waals surface area contributed by atoms with Gasteiger partial charge in [0, 0.05) is 18.2 Å². The molecule has 0 aromatic heterocycles. The van der Waals surface area contributed by atoms with E-state index in [1.54, 1.807) is 18.2 Å². The Morgan fingerprint density at radius 1 is 1.16 bits per heavy atom. The Bertz CT molecular complexity index is 817. The van der Waals surface area contributed by atoms with Gasteiger partial charge in [-0.15, -0.1) is 0 Å². The van der Waals surface area contributed by atoms with Crippen LogP contribution in [0.4, 0.5) is 5.69 Å². The van der Waals surface area contributed by atoms with Crippen molar-refractivity contribution in [1.29, 1.82) is 0 Å². The Morgan fingerprint density at radius 3 is 2.40 bits per heavy atom. The summed E-state index contributed by atoms with van der Waals surface area (Å²) in [6.07, 6.45) is 2.80. The highest BCUT2D eigenvalue weighted by molar-refractivity contribution is 9.10. The van der Waals surface area contributed by atoms with Crippen LogP contribution in [0, 0.1) is 10.1 Å². The van der Waals surface area contributed by atoms with Gasteiger partial charge in [-0.25, -0.2) is 4.79 Å². The van der Waals surface area contributed by atoms with Gasteiger partial charge in [0.05, 0.1) is 23.6 Å². The summed E-state index contributed by atoms with van der Waals surface area (Å²) in [5.74, 6) is 0.668. The fourth-order valence-electron chi connectivity index (χ4n) is 1.98. The summed E-state index contributed by atoms with van der Waals surface area (Å²) < 4.78 is 16.2. The second kappa shape index (κ2) is 8.29. The third kappa shape index (κ3) is 4.80. The first-order valence-corrected chi connectivity index (χ1v) is 7.79. The standard InChI is InChI=1S/C17H14BrNO6/c1-23-15-10-11(9-14(18)17(15)24-2)3-8-16(20)25-13-6-4-12(5-7-13)19(21)22/h3-10H,1-2H3/b8-3+. The van der Waals surface area contributed by atoms with E-state index in [-0.39, 0.29) is 11.4 Å². The maximum Gasteiger partial charge on any atom is 0.336 e. The van der Waals surface area contributed by atoms with Crippen molar-refractivity contribution < 1.29 is 23.9 Å². The molecule has 2 rings (SSSR count). The summed E-state index contributed by atoms with van der Waals surface area (Å²) in [7, 11) is 3.04. The number of esters is 1. The number of nitro benzene ring substituents is 1. The van der Waals surface area contributed by atoms with Crippen molar-refractivity contribution in [2.24, 2.45) is 0 Å². The van der Waals surface area contributed by atoms with Gasteiger partial charge in [-0.2, -0.15) is 0 Å². The molecule has 0 saturated carbocycles. The number of nitro groups is 1. The lowest BCUT2D eigenvalue weighted by atomic mass is 10.2. The van der Waals surface area contributed by atoms with E-state index < -0.39 is 10.9 Å². The van der Waals surface area contributed by atoms with Crippen LogP contribution in [0.2, 0.25) is 0 Å². The zero-order valence-corrected chi connectivity index (χ0v) is 15.0. The van der Waals surface area contributed by atoms with Gasteiger partial charge in [-0.1, -0.05) is 0 Å². The van der Waals surface area contributed by atoms with Gasteiger partial charge in [0.2, 0.25) is 0 Å². The molecule has 7 nitrogen and oxygen atoms in total. The minimum atomic E-state index is -0.611. The molecule has 0 aliphatic heterocycles. The topological polar surface area (TPSA) is 87.9 Å². The first-order valence-electron chi connectivity index (χ1n) is 7.00. The summed E-state index contributed by atoms with van der Waals surface area (Å²) in [5.41, 5.74) is 0.621. The Labute approximate surface area is 152 Å². The number of carbonyl (C=O) groups excluding carboxylic acids is 1. The van der Waals surface area contributed by atoms with E-state index in [0.29, 0.717) is 21.5 Å². The Balaban J connectivity index is 2.09. The zero-order valence-electron chi connectivity index (χ0n) is 13.4. The van der Waals surface area contributed by atoms with Gasteiger partial charge >= 0.3 is 5.97 Å². The second-order valence-corrected chi connectivity index (χ2v) is 5.60. The van der Waals surface area contributed by atoms with Crippen LogP contribution < -0.4 is 14.2 Å². The predicted octanol–water partition coefficient (Wildman–Crippen LogP) is 3.99. The number of benzene rings is 2. The summed E-state index contributed by atoms with van der Waals surface area (Å²) in [6, 6.07) is 8.71. The molecule has 0 aliphatic carbocycles. The van der Waals surface area contributed by atoms with Gasteiger partial charge in [0.15, 0.2) is 11.5 Å². The molecular formula is C17H14BrNO6. The summed E-state index contributed by atoms with van der Waals surface area (Å²) in [4.78, 5) is 21.9. The SMILES string of the molecule is COc1cc(/C=C/C(=O)Oc2ccc([N+](=O)[O-])cc2)cc(Br)c1OC. The number of hydrogen-bond acceptors (Lipinski definition) is 6. The number of non-ortho nitro benzene ring substituents is 1. The number of rotatable bonds is 6. The van der Waals surface area contributed by atoms with Crippen molar-refractivity contribution in [2.45, 2.75) is 0 Å². The highest BCUT2D eigenvalue weighted by Gasteiger charge is 2.10. The Hall–Kier alpha value is -2.87. The highest BCUT2D eigenvalue weighted by atomic mass is 79.9. The number of nitrogens with zero attached hydrogens (tertiary/aromatic N) is 1. The molecule has 0 amide bonds. The Morgan fingerprint density at radius 2 is 1.84 bits per heavy atom. The molecule has 0 fully saturated rings. The van der Waals surface area contributed by atoms with Crippen molar-refractivity contribution in [3.8, 4) is 17.2 Å². The maximum absolute atomic E-state index is 11.9. The monoisotopic (exact) mass is 407 g/mol. The largest absolute Gasteiger partial charge is 0.493 e. The fraction of sp³-hybridized carbons (Fsp3) is 0.118. The Kier molecular flexibility index (Phi) is 6.13. The van der Waals surface area contributed by atoms with Crippen LogP contribution >= 0.6 is 15.9 Å². The van der Waals surface area contributed by atoms with E-state index in [9.17, 15) is 14.9 Å². The molecule has 0 heterocycles. The number of halogens is 1. The molecule has 8 heteroatoms. The molecule has 0 atom stereocenters. The van der Waals surface area contributed by atoms with Crippen LogP contribution in [0.15, 0.2) is 46.9 Å². The van der Waals surface area contributed by atoms with E-state index in [2.05, 4.69) is 15.9 Å². The minimum Gasteiger partial charge on any atom is -0.493 e. The van der Waals surface area contributed by atoms with Crippen molar-refractivity contribution in [1.82, 2.24) is 0 Å². The first kappa shape index (κ1) is 18.5. The summed E-state index contributed by atoms with van der Waals surface area (Å²) in [5, 5.41) is 10.6. The average Bonchev–Trinajstić information content (AvgIpc) is 2.59. The molecule has 0 spiro atoms. The van der Waals surface area contributed by atoms with Gasteiger partial charge in [0.25, 0.3) is 5.69 Å². The molecule has 0 radical (unpaired) electrons. The van der Waals surface area contributed by atoms with Gasteiger partial charge in [-0.3, -0.25) is 10.1 Å². The van der Waals surface area contributed by atoms with Crippen molar-refractivity contribution in [3.05, 3.63) is 62.6 Å². The molecule has 0 aliphatic rings. The second-order valence-electron chi connectivity index (χ2n) is 4.74. The van der Waals surface area contributed by atoms with Crippen molar-refractivity contribution in [2.75, 3.05) is 14.2 Å². The van der Waals surface area contributed by atoms with Crippen molar-refractivity contribution in [3.63, 3.8) is 0 Å². The lowest BCUT2D eigenvalue weighted by molar-refractivity contribution is -0.384. The quantitative estimate of drug-likeness (QED) is 0.236. The van der Waals surface area contributed by atoms with E-state index in [4.69, 9.17) is 14.2 Å². The van der Waals surface area contributed by atoms with Crippen LogP contribution in [0.25, 0.3) is 6.08 Å². The molecule has 0 saturated heterocycles. The van der Waals surface area contributed by atoms with Crippen LogP contribution in [-0.4, -0.2) is 25.1 Å². The molecule has 0 N–H and O–H groups in total. The fourth-order valence-corrected chi connectivity index (χ4v) is 2.61. The third-order valence-corrected chi connectivity index (χ3v) is 3.72. The van der Waals surface area contributed by atoms with Crippen LogP contribution in [-0.2, 0) is 4.79 Å². The van der Waals surface area contributed by atoms with Crippen LogP contribution in [0.5, 0.6) is 17.2 Å². The summed E-state index contributed by atoms with van der Waals surface area (Å²) in [6.45, 7) is 0. The average molecular weight is 408 g/mol. The number of carbonyl (C=O) groups is 1. The smallest absolute Gasteiger partial charge is 0.336 e. The molecule has 2 aromatic rings. The van der Waals surface area contributed by atoms with Crippen LogP contribution in [0.1, 0.15) is 5.56 Å². The van der Waals surface area contributed by atoms with E-state index in [1.165, 1.54) is 44.6 Å². The highest BCUT2D eigenvalue weighted by Crippen LogP contribution is 2.36. The number of methoxy groups -OCH3 is 2. The molecule has 2 aromatic carbocycles. The first-order chi connectivity index (χ1) is 11.9. The predicted molar refractivity (Wildman–Crippen MR) is 95.0 cm³/mol. The van der Waals surface area contributed by atoms with Crippen LogP contribution in [0.3, 0.4) is 0 Å². The lowest BCUT2D eigenvalue weighted by Gasteiger charge is -2.10. The van der Waals surface area contributed by atoms with Crippen molar-refractivity contribution >= 4 is 33.7 Å². The molecule has 25 heavy (non-hydrogen) atoms. The normalized spacial score (nSPS) is 10.5. The molecule has 130 valence electrons. The lowest BCUT2D eigenvalue weighted by Crippen LogP contribution is -2.03. The number of hydrogen-bond donors (Lipinski definition) is 0. The minimum absolute atomic E-state index is 0.0782. The summed E-state index contributed by atoms with van der Waals surface area (Å²) >= 11 is 3.37. The maximum atomic E-state index is 11.9. The third-order valence-electron chi connectivity index (χ3n) is 3.13.